The van der Waals surface area contributed by atoms with Gasteiger partial charge < -0.3 is 5.73 Å². The SMILES string of the molecule is Cc1cc(C(N)Cc2ccccc2)cs1. The van der Waals surface area contributed by atoms with Crippen molar-refractivity contribution in [3.63, 3.8) is 0 Å². The highest BCUT2D eigenvalue weighted by Gasteiger charge is 2.07. The summed E-state index contributed by atoms with van der Waals surface area (Å²) in [6, 6.07) is 12.7. The predicted octanol–water partition coefficient (Wildman–Crippen LogP) is 3.30. The Kier molecular flexibility index (Phi) is 3.19. The molecule has 1 aromatic heterocycles. The molecule has 0 saturated carbocycles. The molecular formula is C13H15NS. The second kappa shape index (κ2) is 4.60. The zero-order valence-corrected chi connectivity index (χ0v) is 9.63. The molecule has 0 spiro atoms. The standard InChI is InChI=1S/C13H15NS/c1-10-7-12(9-15-10)13(14)8-11-5-3-2-4-6-11/h2-7,9,13H,8,14H2,1H3. The molecule has 2 rings (SSSR count). The third-order valence-electron chi connectivity index (χ3n) is 2.48. The third-order valence-corrected chi connectivity index (χ3v) is 3.36. The van der Waals surface area contributed by atoms with Crippen LogP contribution in [0.5, 0.6) is 0 Å². The quantitative estimate of drug-likeness (QED) is 0.838. The van der Waals surface area contributed by atoms with Crippen molar-refractivity contribution in [2.75, 3.05) is 0 Å². The average molecular weight is 217 g/mol. The van der Waals surface area contributed by atoms with Crippen LogP contribution in [-0.2, 0) is 6.42 Å². The fraction of sp³-hybridized carbons (Fsp3) is 0.231. The van der Waals surface area contributed by atoms with Crippen LogP contribution in [0.2, 0.25) is 0 Å². The van der Waals surface area contributed by atoms with E-state index in [-0.39, 0.29) is 6.04 Å². The summed E-state index contributed by atoms with van der Waals surface area (Å²) in [6.07, 6.45) is 0.914. The van der Waals surface area contributed by atoms with E-state index >= 15 is 0 Å². The van der Waals surface area contributed by atoms with Crippen LogP contribution in [0.4, 0.5) is 0 Å². The second-order valence-electron chi connectivity index (χ2n) is 3.79. The fourth-order valence-corrected chi connectivity index (χ4v) is 2.41. The number of thiophene rings is 1. The molecule has 1 atom stereocenters. The topological polar surface area (TPSA) is 26.0 Å². The van der Waals surface area contributed by atoms with E-state index in [9.17, 15) is 0 Å². The van der Waals surface area contributed by atoms with Gasteiger partial charge in [0, 0.05) is 10.9 Å². The van der Waals surface area contributed by atoms with E-state index in [2.05, 4.69) is 42.6 Å². The van der Waals surface area contributed by atoms with Crippen molar-refractivity contribution < 1.29 is 0 Å². The third kappa shape index (κ3) is 2.67. The van der Waals surface area contributed by atoms with Crippen LogP contribution in [0, 0.1) is 6.92 Å². The van der Waals surface area contributed by atoms with Crippen molar-refractivity contribution in [1.29, 1.82) is 0 Å². The van der Waals surface area contributed by atoms with Crippen molar-refractivity contribution in [1.82, 2.24) is 0 Å². The Bertz CT molecular complexity index is 419. The Hall–Kier alpha value is -1.12. The molecule has 0 amide bonds. The van der Waals surface area contributed by atoms with Gasteiger partial charge in [-0.15, -0.1) is 11.3 Å². The molecule has 2 N–H and O–H groups in total. The van der Waals surface area contributed by atoms with Crippen molar-refractivity contribution in [2.24, 2.45) is 5.73 Å². The maximum absolute atomic E-state index is 6.15. The number of rotatable bonds is 3. The summed E-state index contributed by atoms with van der Waals surface area (Å²) in [7, 11) is 0. The lowest BCUT2D eigenvalue weighted by Gasteiger charge is -2.09. The van der Waals surface area contributed by atoms with E-state index in [1.54, 1.807) is 11.3 Å². The van der Waals surface area contributed by atoms with Crippen LogP contribution in [0.3, 0.4) is 0 Å². The Balaban J connectivity index is 2.07. The van der Waals surface area contributed by atoms with Crippen LogP contribution < -0.4 is 5.73 Å². The van der Waals surface area contributed by atoms with Gasteiger partial charge in [0.25, 0.3) is 0 Å². The van der Waals surface area contributed by atoms with Gasteiger partial charge >= 0.3 is 0 Å². The van der Waals surface area contributed by atoms with Crippen LogP contribution in [-0.4, -0.2) is 0 Å². The molecular weight excluding hydrogens is 202 g/mol. The lowest BCUT2D eigenvalue weighted by molar-refractivity contribution is 0.725. The summed E-state index contributed by atoms with van der Waals surface area (Å²) in [5, 5.41) is 2.16. The van der Waals surface area contributed by atoms with Crippen LogP contribution in [0.1, 0.15) is 22.0 Å². The van der Waals surface area contributed by atoms with E-state index in [1.807, 2.05) is 6.07 Å². The van der Waals surface area contributed by atoms with Gasteiger partial charge in [0.15, 0.2) is 0 Å². The normalized spacial score (nSPS) is 12.7. The molecule has 0 radical (unpaired) electrons. The largest absolute Gasteiger partial charge is 0.324 e. The Labute approximate surface area is 94.6 Å². The number of nitrogens with two attached hydrogens (primary N) is 1. The highest BCUT2D eigenvalue weighted by Crippen LogP contribution is 2.21. The zero-order valence-electron chi connectivity index (χ0n) is 8.81. The Morgan fingerprint density at radius 2 is 2.00 bits per heavy atom. The first-order valence-electron chi connectivity index (χ1n) is 5.10. The highest BCUT2D eigenvalue weighted by molar-refractivity contribution is 7.10. The monoisotopic (exact) mass is 217 g/mol. The van der Waals surface area contributed by atoms with Crippen LogP contribution in [0.25, 0.3) is 0 Å². The smallest absolute Gasteiger partial charge is 0.0344 e. The number of aryl methyl sites for hydroxylation is 1. The molecule has 0 bridgehead atoms. The van der Waals surface area contributed by atoms with E-state index in [0.717, 1.165) is 6.42 Å². The number of hydrogen-bond acceptors (Lipinski definition) is 2. The molecule has 0 aliphatic carbocycles. The van der Waals surface area contributed by atoms with Gasteiger partial charge in [-0.1, -0.05) is 30.3 Å². The number of hydrogen-bond donors (Lipinski definition) is 1. The molecule has 15 heavy (non-hydrogen) atoms. The van der Waals surface area contributed by atoms with Gasteiger partial charge in [-0.05, 0) is 35.9 Å². The van der Waals surface area contributed by atoms with Gasteiger partial charge in [-0.2, -0.15) is 0 Å². The maximum Gasteiger partial charge on any atom is 0.0344 e. The minimum atomic E-state index is 0.123. The highest BCUT2D eigenvalue weighted by atomic mass is 32.1. The van der Waals surface area contributed by atoms with Gasteiger partial charge in [0.2, 0.25) is 0 Å². The fourth-order valence-electron chi connectivity index (χ4n) is 1.64. The van der Waals surface area contributed by atoms with Crippen molar-refractivity contribution in [3.8, 4) is 0 Å². The van der Waals surface area contributed by atoms with Crippen molar-refractivity contribution in [2.45, 2.75) is 19.4 Å². The molecule has 78 valence electrons. The van der Waals surface area contributed by atoms with Gasteiger partial charge in [-0.25, -0.2) is 0 Å². The van der Waals surface area contributed by atoms with Crippen LogP contribution in [0.15, 0.2) is 41.8 Å². The lowest BCUT2D eigenvalue weighted by Crippen LogP contribution is -2.12. The van der Waals surface area contributed by atoms with E-state index in [0.29, 0.717) is 0 Å². The number of benzene rings is 1. The van der Waals surface area contributed by atoms with Crippen molar-refractivity contribution >= 4 is 11.3 Å². The molecule has 2 aromatic rings. The van der Waals surface area contributed by atoms with E-state index in [1.165, 1.54) is 16.0 Å². The molecule has 0 fully saturated rings. The summed E-state index contributed by atoms with van der Waals surface area (Å²) in [5.41, 5.74) is 8.70. The molecule has 1 aromatic carbocycles. The zero-order chi connectivity index (χ0) is 10.7. The minimum Gasteiger partial charge on any atom is -0.324 e. The molecule has 0 saturated heterocycles. The molecule has 1 nitrogen and oxygen atoms in total. The summed E-state index contributed by atoms with van der Waals surface area (Å²) in [6.45, 7) is 2.11. The average Bonchev–Trinajstić information content (AvgIpc) is 2.66. The van der Waals surface area contributed by atoms with Crippen LogP contribution >= 0.6 is 11.3 Å². The van der Waals surface area contributed by atoms with Gasteiger partial charge in [0.05, 0.1) is 0 Å². The summed E-state index contributed by atoms with van der Waals surface area (Å²) < 4.78 is 0. The second-order valence-corrected chi connectivity index (χ2v) is 4.90. The maximum atomic E-state index is 6.15. The summed E-state index contributed by atoms with van der Waals surface area (Å²) in [4.78, 5) is 1.33. The molecule has 2 heteroatoms. The predicted molar refractivity (Wildman–Crippen MR) is 66.1 cm³/mol. The minimum absolute atomic E-state index is 0.123. The lowest BCUT2D eigenvalue weighted by atomic mass is 10.0. The van der Waals surface area contributed by atoms with E-state index < -0.39 is 0 Å². The molecule has 1 heterocycles. The van der Waals surface area contributed by atoms with E-state index in [4.69, 9.17) is 5.73 Å². The summed E-state index contributed by atoms with van der Waals surface area (Å²) in [5.74, 6) is 0. The van der Waals surface area contributed by atoms with Gasteiger partial charge in [-0.3, -0.25) is 0 Å². The Morgan fingerprint density at radius 1 is 1.27 bits per heavy atom. The Morgan fingerprint density at radius 3 is 2.60 bits per heavy atom. The first kappa shape index (κ1) is 10.4. The molecule has 1 unspecified atom stereocenters. The first-order chi connectivity index (χ1) is 7.25. The van der Waals surface area contributed by atoms with Crippen molar-refractivity contribution in [3.05, 3.63) is 57.8 Å². The molecule has 0 aliphatic heterocycles. The molecule has 0 aliphatic rings. The first-order valence-corrected chi connectivity index (χ1v) is 5.98. The van der Waals surface area contributed by atoms with Gasteiger partial charge in [0.1, 0.15) is 0 Å². The summed E-state index contributed by atoms with van der Waals surface area (Å²) >= 11 is 1.76.